The van der Waals surface area contributed by atoms with Gasteiger partial charge >= 0.3 is 0 Å². The number of hydrogen-bond acceptors (Lipinski definition) is 7. The Morgan fingerprint density at radius 3 is 2.58 bits per heavy atom. The lowest BCUT2D eigenvalue weighted by Gasteiger charge is -2.27. The normalized spacial score (nSPS) is 21.7. The third-order valence-electron chi connectivity index (χ3n) is 8.27. The second kappa shape index (κ2) is 9.82. The Balaban J connectivity index is 0.00000308. The highest BCUT2D eigenvalue weighted by Gasteiger charge is 2.51. The molecule has 2 saturated carbocycles. The molecule has 0 spiro atoms. The first-order valence-electron chi connectivity index (χ1n) is 13.2. The average Bonchev–Trinajstić information content (AvgIpc) is 3.64. The number of ether oxygens (including phenoxy) is 2. The van der Waals surface area contributed by atoms with E-state index in [1.165, 1.54) is 0 Å². The summed E-state index contributed by atoms with van der Waals surface area (Å²) in [6.45, 7) is 0.237. The van der Waals surface area contributed by atoms with Crippen LogP contribution in [0.25, 0.3) is 11.3 Å². The number of ketones is 1. The maximum Gasteiger partial charge on any atom is 0.231 e. The highest BCUT2D eigenvalue weighted by molar-refractivity contribution is 7.92. The van der Waals surface area contributed by atoms with Crippen molar-refractivity contribution in [2.75, 3.05) is 13.4 Å². The van der Waals surface area contributed by atoms with Gasteiger partial charge < -0.3 is 14.6 Å². The molecule has 2 heterocycles. The molecular weight excluding hydrogens is 502 g/mol. The molecule has 0 radical (unpaired) electrons. The highest BCUT2D eigenvalue weighted by Crippen LogP contribution is 2.51. The van der Waals surface area contributed by atoms with Crippen LogP contribution in [-0.2, 0) is 26.5 Å². The van der Waals surface area contributed by atoms with Gasteiger partial charge in [0.2, 0.25) is 6.79 Å². The fourth-order valence-electron chi connectivity index (χ4n) is 5.82. The van der Waals surface area contributed by atoms with Crippen LogP contribution < -0.4 is 9.47 Å². The van der Waals surface area contributed by atoms with Crippen molar-refractivity contribution in [3.05, 3.63) is 71.9 Å². The number of Topliss-reactive ketones (excluding diaryl/α,β-unsaturated/α-hetero) is 1. The van der Waals surface area contributed by atoms with Crippen LogP contribution in [0.15, 0.2) is 65.6 Å². The average molecular weight is 536 g/mol. The summed E-state index contributed by atoms with van der Waals surface area (Å²) in [6, 6.07) is 18.2. The zero-order valence-electron chi connectivity index (χ0n) is 21.1. The third kappa shape index (κ3) is 4.60. The largest absolute Gasteiger partial charge is 0.454 e. The van der Waals surface area contributed by atoms with Gasteiger partial charge in [0.25, 0.3) is 0 Å². The molecule has 0 saturated heterocycles. The number of carbonyl (C=O) groups is 1. The van der Waals surface area contributed by atoms with Gasteiger partial charge in [0.1, 0.15) is 5.78 Å². The summed E-state index contributed by atoms with van der Waals surface area (Å²) in [5, 5.41) is 9.04. The molecular formula is C30H33NO6S. The maximum atomic E-state index is 13.4. The van der Waals surface area contributed by atoms with Gasteiger partial charge in [-0.1, -0.05) is 30.7 Å². The monoisotopic (exact) mass is 535 g/mol. The molecule has 200 valence electrons. The molecule has 2 atom stereocenters. The topological polar surface area (TPSA) is 103 Å². The number of benzene rings is 2. The van der Waals surface area contributed by atoms with E-state index in [9.17, 15) is 18.3 Å². The van der Waals surface area contributed by atoms with E-state index in [4.69, 9.17) is 14.5 Å². The number of sulfone groups is 1. The van der Waals surface area contributed by atoms with Gasteiger partial charge in [-0.3, -0.25) is 9.78 Å². The summed E-state index contributed by atoms with van der Waals surface area (Å²) < 4.78 is 37.3. The molecule has 3 aliphatic rings. The van der Waals surface area contributed by atoms with Gasteiger partial charge in [-0.2, -0.15) is 0 Å². The summed E-state index contributed by atoms with van der Waals surface area (Å²) in [7, 11) is -3.46. The standard InChI is InChI=1S/C30H31NO6S.H2/c32-18-20-3-1-5-25(15-20)38(34,35)24-10-7-21(8-11-24)26-6-2-4-23(31-26)17-29(33)30(13-14-30)22-9-12-27-28(16-22)37-19-36-27;/h2,4,6-12,16,20,25,32H,1,3,5,13-15,17-19H2;1H. The van der Waals surface area contributed by atoms with E-state index in [1.54, 1.807) is 24.3 Å². The van der Waals surface area contributed by atoms with Crippen LogP contribution in [0.1, 0.15) is 51.2 Å². The SMILES string of the molecule is O=C(Cc1cccc(-c2ccc(S(=O)(=O)C3CCCC(CO)C3)cc2)n1)C1(c2ccc3c(c2)OCO3)CC1.[HH]. The van der Waals surface area contributed by atoms with Crippen LogP contribution >= 0.6 is 0 Å². The number of rotatable bonds is 8. The number of carbonyl (C=O) groups excluding carboxylic acids is 1. The van der Waals surface area contributed by atoms with E-state index in [0.717, 1.165) is 36.8 Å². The second-order valence-corrected chi connectivity index (χ2v) is 12.9. The zero-order chi connectivity index (χ0) is 26.3. The minimum atomic E-state index is -3.46. The molecule has 1 aromatic heterocycles. The Morgan fingerprint density at radius 2 is 1.82 bits per heavy atom. The van der Waals surface area contributed by atoms with Crippen LogP contribution in [0.2, 0.25) is 0 Å². The van der Waals surface area contributed by atoms with Gasteiger partial charge in [-0.05, 0) is 80.0 Å². The molecule has 1 N–H and O–H groups in total. The smallest absolute Gasteiger partial charge is 0.231 e. The lowest BCUT2D eigenvalue weighted by molar-refractivity contribution is -0.120. The van der Waals surface area contributed by atoms with Crippen LogP contribution in [0.5, 0.6) is 11.5 Å². The summed E-state index contributed by atoms with van der Waals surface area (Å²) in [4.78, 5) is 18.4. The molecule has 0 amide bonds. The molecule has 38 heavy (non-hydrogen) atoms. The van der Waals surface area contributed by atoms with Crippen molar-refractivity contribution in [2.45, 2.75) is 60.5 Å². The maximum absolute atomic E-state index is 13.4. The highest BCUT2D eigenvalue weighted by atomic mass is 32.2. The summed E-state index contributed by atoms with van der Waals surface area (Å²) in [6.07, 6.45) is 4.67. The minimum Gasteiger partial charge on any atom is -0.454 e. The molecule has 3 aromatic rings. The fraction of sp³-hybridized carbons (Fsp3) is 0.400. The fourth-order valence-corrected chi connectivity index (χ4v) is 7.72. The Labute approximate surface area is 224 Å². The number of pyridine rings is 1. The Kier molecular flexibility index (Phi) is 6.48. The lowest BCUT2D eigenvalue weighted by atomic mass is 9.88. The Hall–Kier alpha value is -3.23. The molecule has 2 unspecified atom stereocenters. The van der Waals surface area contributed by atoms with E-state index in [0.29, 0.717) is 40.6 Å². The van der Waals surface area contributed by atoms with Crippen molar-refractivity contribution in [1.82, 2.24) is 4.98 Å². The molecule has 0 bridgehead atoms. The molecule has 8 heteroatoms. The molecule has 1 aliphatic heterocycles. The number of nitrogens with zero attached hydrogens (tertiary/aromatic N) is 1. The van der Waals surface area contributed by atoms with Crippen LogP contribution in [0.4, 0.5) is 0 Å². The van der Waals surface area contributed by atoms with Crippen molar-refractivity contribution in [1.29, 1.82) is 0 Å². The first kappa shape index (κ1) is 25.1. The number of fused-ring (bicyclic) bond motifs is 1. The number of aliphatic hydroxyl groups is 1. The second-order valence-electron chi connectivity index (χ2n) is 10.7. The van der Waals surface area contributed by atoms with E-state index in [2.05, 4.69) is 0 Å². The van der Waals surface area contributed by atoms with Gasteiger partial charge in [-0.25, -0.2) is 8.42 Å². The minimum absolute atomic E-state index is 0. The predicted molar refractivity (Wildman–Crippen MR) is 144 cm³/mol. The van der Waals surface area contributed by atoms with Crippen molar-refractivity contribution in [2.24, 2.45) is 5.92 Å². The molecule has 2 aliphatic carbocycles. The number of aliphatic hydroxyl groups excluding tert-OH is 1. The quantitative estimate of drug-likeness (QED) is 0.438. The summed E-state index contributed by atoms with van der Waals surface area (Å²) in [5.41, 5.74) is 2.65. The van der Waals surface area contributed by atoms with Crippen molar-refractivity contribution in [3.63, 3.8) is 0 Å². The van der Waals surface area contributed by atoms with Crippen LogP contribution in [0, 0.1) is 5.92 Å². The van der Waals surface area contributed by atoms with E-state index in [1.807, 2.05) is 36.4 Å². The summed E-state index contributed by atoms with van der Waals surface area (Å²) in [5.74, 6) is 1.58. The van der Waals surface area contributed by atoms with Crippen molar-refractivity contribution in [3.8, 4) is 22.8 Å². The van der Waals surface area contributed by atoms with Crippen molar-refractivity contribution >= 4 is 15.6 Å². The predicted octanol–water partition coefficient (Wildman–Crippen LogP) is 4.89. The van der Waals surface area contributed by atoms with Crippen LogP contribution in [0.3, 0.4) is 0 Å². The van der Waals surface area contributed by atoms with E-state index >= 15 is 0 Å². The van der Waals surface area contributed by atoms with Gasteiger partial charge in [0.15, 0.2) is 21.3 Å². The van der Waals surface area contributed by atoms with Gasteiger partial charge in [0, 0.05) is 25.7 Å². The number of aromatic nitrogens is 1. The Morgan fingerprint density at radius 1 is 1.03 bits per heavy atom. The van der Waals surface area contributed by atoms with E-state index < -0.39 is 20.5 Å². The first-order chi connectivity index (χ1) is 18.4. The molecule has 6 rings (SSSR count). The zero-order valence-corrected chi connectivity index (χ0v) is 22.0. The molecule has 2 fully saturated rings. The Bertz CT molecular complexity index is 1470. The summed E-state index contributed by atoms with van der Waals surface area (Å²) >= 11 is 0. The lowest BCUT2D eigenvalue weighted by Crippen LogP contribution is -2.29. The number of hydrogen-bond donors (Lipinski definition) is 1. The molecule has 7 nitrogen and oxygen atoms in total. The third-order valence-corrected chi connectivity index (χ3v) is 10.5. The van der Waals surface area contributed by atoms with Gasteiger partial charge in [0.05, 0.1) is 21.3 Å². The molecule has 2 aromatic carbocycles. The van der Waals surface area contributed by atoms with Crippen LogP contribution in [-0.4, -0.2) is 42.9 Å². The first-order valence-corrected chi connectivity index (χ1v) is 14.8. The van der Waals surface area contributed by atoms with Crippen molar-refractivity contribution < 1.29 is 29.2 Å². The van der Waals surface area contributed by atoms with E-state index in [-0.39, 0.29) is 32.9 Å². The van der Waals surface area contributed by atoms with Gasteiger partial charge in [-0.15, -0.1) is 0 Å².